The average Bonchev–Trinajstić information content (AvgIpc) is 2.40. The number of aliphatic carboxylic acids is 2. The van der Waals surface area contributed by atoms with Crippen molar-refractivity contribution < 1.29 is 29.3 Å². The van der Waals surface area contributed by atoms with Crippen LogP contribution >= 0.6 is 0 Å². The summed E-state index contributed by atoms with van der Waals surface area (Å²) in [4.78, 5) is 33.3. The van der Waals surface area contributed by atoms with Gasteiger partial charge in [0, 0.05) is 19.5 Å². The first-order valence-electron chi connectivity index (χ1n) is 7.64. The monoisotopic (exact) mass is 337 g/mol. The third kappa shape index (κ3) is 7.23. The van der Waals surface area contributed by atoms with E-state index >= 15 is 0 Å². The second-order valence-electron chi connectivity index (χ2n) is 5.88. The molecule has 1 atom stereocenters. The Bertz CT molecular complexity index is 577. The Labute approximate surface area is 140 Å². The van der Waals surface area contributed by atoms with Crippen molar-refractivity contribution in [2.45, 2.75) is 45.8 Å². The van der Waals surface area contributed by atoms with E-state index in [1.165, 1.54) is 6.92 Å². The highest BCUT2D eigenvalue weighted by molar-refractivity contribution is 5.72. The van der Waals surface area contributed by atoms with E-state index in [2.05, 4.69) is 5.32 Å². The van der Waals surface area contributed by atoms with Crippen LogP contribution < -0.4 is 5.32 Å². The number of ether oxygens (including phenoxy) is 1. The number of benzene rings is 1. The quantitative estimate of drug-likeness (QED) is 0.586. The molecule has 132 valence electrons. The van der Waals surface area contributed by atoms with Crippen molar-refractivity contribution in [3.05, 3.63) is 34.9 Å². The normalized spacial score (nSPS) is 12.0. The highest BCUT2D eigenvalue weighted by Crippen LogP contribution is 2.22. The third-order valence-electron chi connectivity index (χ3n) is 3.18. The lowest BCUT2D eigenvalue weighted by Crippen LogP contribution is -2.30. The SMILES string of the molecule is CC(=O)OC(CNC(C)C)c1cc(CC(=O)O)cc(CC(=O)O)c1. The molecule has 0 heterocycles. The molecule has 0 aliphatic carbocycles. The van der Waals surface area contributed by atoms with E-state index < -0.39 is 24.0 Å². The van der Waals surface area contributed by atoms with Gasteiger partial charge in [0.05, 0.1) is 12.8 Å². The number of carbonyl (C=O) groups excluding carboxylic acids is 1. The maximum atomic E-state index is 11.4. The zero-order valence-electron chi connectivity index (χ0n) is 14.0. The summed E-state index contributed by atoms with van der Waals surface area (Å²) in [5.41, 5.74) is 1.52. The Balaban J connectivity index is 3.19. The van der Waals surface area contributed by atoms with Crippen molar-refractivity contribution in [1.82, 2.24) is 5.32 Å². The van der Waals surface area contributed by atoms with Gasteiger partial charge in [0.25, 0.3) is 0 Å². The Morgan fingerprint density at radius 2 is 1.54 bits per heavy atom. The van der Waals surface area contributed by atoms with Crippen LogP contribution in [0.5, 0.6) is 0 Å². The molecule has 0 aliphatic rings. The molecular weight excluding hydrogens is 314 g/mol. The van der Waals surface area contributed by atoms with E-state index in [9.17, 15) is 14.4 Å². The van der Waals surface area contributed by atoms with E-state index in [-0.39, 0.29) is 18.9 Å². The molecule has 1 rings (SSSR count). The predicted molar refractivity (Wildman–Crippen MR) is 86.8 cm³/mol. The topological polar surface area (TPSA) is 113 Å². The van der Waals surface area contributed by atoms with Crippen molar-refractivity contribution in [3.63, 3.8) is 0 Å². The lowest BCUT2D eigenvalue weighted by molar-refractivity contribution is -0.146. The Kier molecular flexibility index (Phi) is 7.38. The van der Waals surface area contributed by atoms with Gasteiger partial charge in [-0.15, -0.1) is 0 Å². The fraction of sp³-hybridized carbons (Fsp3) is 0.471. The summed E-state index contributed by atoms with van der Waals surface area (Å²) in [7, 11) is 0. The van der Waals surface area contributed by atoms with Gasteiger partial charge in [-0.05, 0) is 16.7 Å². The van der Waals surface area contributed by atoms with Crippen LogP contribution in [0.1, 0.15) is 43.6 Å². The minimum Gasteiger partial charge on any atom is -0.481 e. The molecule has 0 saturated carbocycles. The van der Waals surface area contributed by atoms with Crippen LogP contribution in [0.4, 0.5) is 0 Å². The van der Waals surface area contributed by atoms with Crippen molar-refractivity contribution in [2.75, 3.05) is 6.54 Å². The number of hydrogen-bond donors (Lipinski definition) is 3. The van der Waals surface area contributed by atoms with Gasteiger partial charge in [0.15, 0.2) is 0 Å². The van der Waals surface area contributed by atoms with Crippen molar-refractivity contribution >= 4 is 17.9 Å². The molecule has 7 heteroatoms. The van der Waals surface area contributed by atoms with Crippen molar-refractivity contribution in [1.29, 1.82) is 0 Å². The number of rotatable bonds is 9. The van der Waals surface area contributed by atoms with Crippen LogP contribution in [-0.4, -0.2) is 40.7 Å². The van der Waals surface area contributed by atoms with Gasteiger partial charge in [-0.25, -0.2) is 0 Å². The van der Waals surface area contributed by atoms with Gasteiger partial charge in [-0.2, -0.15) is 0 Å². The summed E-state index contributed by atoms with van der Waals surface area (Å²) in [6.45, 7) is 5.53. The van der Waals surface area contributed by atoms with Crippen LogP contribution in [0.25, 0.3) is 0 Å². The molecule has 0 bridgehead atoms. The standard InChI is InChI=1S/C17H23NO6/c1-10(2)18-9-15(24-11(3)19)14-5-12(7-16(20)21)4-13(6-14)8-17(22)23/h4-6,10,15,18H,7-9H2,1-3H3,(H,20,21)(H,22,23). The highest BCUT2D eigenvalue weighted by Gasteiger charge is 2.18. The maximum absolute atomic E-state index is 11.4. The molecule has 0 fully saturated rings. The van der Waals surface area contributed by atoms with Gasteiger partial charge >= 0.3 is 17.9 Å². The predicted octanol–water partition coefficient (Wildman–Crippen LogP) is 1.54. The summed E-state index contributed by atoms with van der Waals surface area (Å²) in [5, 5.41) is 21.1. The Hall–Kier alpha value is -2.41. The molecule has 0 aromatic heterocycles. The molecule has 0 aliphatic heterocycles. The van der Waals surface area contributed by atoms with Gasteiger partial charge in [0.2, 0.25) is 0 Å². The lowest BCUT2D eigenvalue weighted by Gasteiger charge is -2.21. The molecule has 0 radical (unpaired) electrons. The molecule has 0 spiro atoms. The zero-order chi connectivity index (χ0) is 18.3. The molecular formula is C17H23NO6. The minimum atomic E-state index is -1.02. The summed E-state index contributed by atoms with van der Waals surface area (Å²) < 4.78 is 5.31. The number of nitrogens with one attached hydrogen (secondary N) is 1. The summed E-state index contributed by atoms with van der Waals surface area (Å²) in [6, 6.07) is 4.99. The third-order valence-corrected chi connectivity index (χ3v) is 3.18. The van der Waals surface area contributed by atoms with Crippen molar-refractivity contribution in [2.24, 2.45) is 0 Å². The van der Waals surface area contributed by atoms with Gasteiger partial charge in [-0.3, -0.25) is 14.4 Å². The molecule has 24 heavy (non-hydrogen) atoms. The fourth-order valence-corrected chi connectivity index (χ4v) is 2.30. The number of carboxylic acids is 2. The number of hydrogen-bond acceptors (Lipinski definition) is 5. The fourth-order valence-electron chi connectivity index (χ4n) is 2.30. The Morgan fingerprint density at radius 3 is 1.92 bits per heavy atom. The first-order valence-corrected chi connectivity index (χ1v) is 7.64. The minimum absolute atomic E-state index is 0.170. The molecule has 1 unspecified atom stereocenters. The number of carboxylic acid groups (broad SMARTS) is 2. The first kappa shape index (κ1) is 19.6. The molecule has 0 saturated heterocycles. The second-order valence-corrected chi connectivity index (χ2v) is 5.88. The molecule has 0 amide bonds. The maximum Gasteiger partial charge on any atom is 0.307 e. The van der Waals surface area contributed by atoms with Crippen molar-refractivity contribution in [3.8, 4) is 0 Å². The van der Waals surface area contributed by atoms with E-state index in [1.54, 1.807) is 18.2 Å². The van der Waals surface area contributed by atoms with Crippen LogP contribution in [0.15, 0.2) is 18.2 Å². The second kappa shape index (κ2) is 9.02. The van der Waals surface area contributed by atoms with Gasteiger partial charge in [0.1, 0.15) is 6.10 Å². The number of carbonyl (C=O) groups is 3. The Morgan fingerprint density at radius 1 is 1.04 bits per heavy atom. The van der Waals surface area contributed by atoms with E-state index in [0.29, 0.717) is 23.2 Å². The first-order chi connectivity index (χ1) is 11.2. The van der Waals surface area contributed by atoms with Gasteiger partial charge < -0.3 is 20.3 Å². The van der Waals surface area contributed by atoms with Crippen LogP contribution in [0, 0.1) is 0 Å². The lowest BCUT2D eigenvalue weighted by atomic mass is 9.98. The smallest absolute Gasteiger partial charge is 0.307 e. The van der Waals surface area contributed by atoms with Crippen LogP contribution in [0.3, 0.4) is 0 Å². The number of esters is 1. The van der Waals surface area contributed by atoms with Gasteiger partial charge in [-0.1, -0.05) is 32.0 Å². The van der Waals surface area contributed by atoms with E-state index in [1.807, 2.05) is 13.8 Å². The molecule has 3 N–H and O–H groups in total. The highest BCUT2D eigenvalue weighted by atomic mass is 16.5. The largest absolute Gasteiger partial charge is 0.481 e. The summed E-state index contributed by atoms with van der Waals surface area (Å²) in [6.07, 6.45) is -1.08. The molecule has 1 aromatic carbocycles. The molecule has 7 nitrogen and oxygen atoms in total. The summed E-state index contributed by atoms with van der Waals surface area (Å²) >= 11 is 0. The van der Waals surface area contributed by atoms with Crippen LogP contribution in [0.2, 0.25) is 0 Å². The summed E-state index contributed by atoms with van der Waals surface area (Å²) in [5.74, 6) is -2.50. The zero-order valence-corrected chi connectivity index (χ0v) is 14.0. The van der Waals surface area contributed by atoms with Crippen LogP contribution in [-0.2, 0) is 32.0 Å². The average molecular weight is 337 g/mol. The molecule has 1 aromatic rings. The van der Waals surface area contributed by atoms with E-state index in [0.717, 1.165) is 0 Å². The van der Waals surface area contributed by atoms with E-state index in [4.69, 9.17) is 14.9 Å².